The van der Waals surface area contributed by atoms with Crippen molar-refractivity contribution in [3.63, 3.8) is 0 Å². The van der Waals surface area contributed by atoms with Crippen molar-refractivity contribution < 1.29 is 24.5 Å². The second kappa shape index (κ2) is 5.54. The summed E-state index contributed by atoms with van der Waals surface area (Å²) in [5, 5.41) is 19.4. The number of aromatic hydroxyl groups is 1. The lowest BCUT2D eigenvalue weighted by molar-refractivity contribution is -0.153. The number of aryl methyl sites for hydroxylation is 1. The number of carbonyl (C=O) groups excluding carboxylic acids is 1. The van der Waals surface area contributed by atoms with Gasteiger partial charge in [-0.05, 0) is 31.5 Å². The highest BCUT2D eigenvalue weighted by atomic mass is 16.5. The van der Waals surface area contributed by atoms with Crippen LogP contribution in [-0.2, 0) is 9.53 Å². The fraction of sp³-hybridized carbons (Fsp3) is 0.417. The first-order chi connectivity index (χ1) is 8.01. The molecule has 0 aliphatic heterocycles. The van der Waals surface area contributed by atoms with E-state index < -0.39 is 12.1 Å². The van der Waals surface area contributed by atoms with Crippen molar-refractivity contribution in [1.82, 2.24) is 0 Å². The SMILES string of the molecule is CCOC(=O)C(O)c1cc(OC)c(C)cc1O. The molecule has 0 aliphatic rings. The fourth-order valence-electron chi connectivity index (χ4n) is 1.48. The Hall–Kier alpha value is -1.75. The number of ether oxygens (including phenoxy) is 2. The van der Waals surface area contributed by atoms with Crippen LogP contribution in [0.2, 0.25) is 0 Å². The van der Waals surface area contributed by atoms with Crippen LogP contribution in [0.3, 0.4) is 0 Å². The van der Waals surface area contributed by atoms with Gasteiger partial charge in [0, 0.05) is 5.56 Å². The van der Waals surface area contributed by atoms with Crippen LogP contribution in [0, 0.1) is 6.92 Å². The molecule has 17 heavy (non-hydrogen) atoms. The van der Waals surface area contributed by atoms with E-state index in [1.807, 2.05) is 0 Å². The summed E-state index contributed by atoms with van der Waals surface area (Å²) >= 11 is 0. The van der Waals surface area contributed by atoms with E-state index in [0.29, 0.717) is 11.3 Å². The maximum absolute atomic E-state index is 11.4. The van der Waals surface area contributed by atoms with Crippen LogP contribution in [0.25, 0.3) is 0 Å². The molecule has 5 heteroatoms. The van der Waals surface area contributed by atoms with E-state index in [9.17, 15) is 15.0 Å². The first-order valence-corrected chi connectivity index (χ1v) is 5.23. The van der Waals surface area contributed by atoms with Gasteiger partial charge < -0.3 is 19.7 Å². The van der Waals surface area contributed by atoms with Gasteiger partial charge in [-0.2, -0.15) is 0 Å². The van der Waals surface area contributed by atoms with Crippen LogP contribution < -0.4 is 4.74 Å². The predicted molar refractivity (Wildman–Crippen MR) is 61.0 cm³/mol. The number of hydrogen-bond donors (Lipinski definition) is 2. The molecule has 0 aromatic heterocycles. The van der Waals surface area contributed by atoms with Crippen molar-refractivity contribution in [1.29, 1.82) is 0 Å². The Morgan fingerprint density at radius 1 is 1.47 bits per heavy atom. The quantitative estimate of drug-likeness (QED) is 0.776. The van der Waals surface area contributed by atoms with Gasteiger partial charge in [0.25, 0.3) is 0 Å². The zero-order valence-electron chi connectivity index (χ0n) is 10.1. The summed E-state index contributed by atoms with van der Waals surface area (Å²) in [6.07, 6.45) is -1.51. The summed E-state index contributed by atoms with van der Waals surface area (Å²) in [6, 6.07) is 2.85. The number of phenolic OH excluding ortho intramolecular Hbond substituents is 1. The predicted octanol–water partition coefficient (Wildman–Crippen LogP) is 1.31. The summed E-state index contributed by atoms with van der Waals surface area (Å²) in [6.45, 7) is 3.55. The van der Waals surface area contributed by atoms with Gasteiger partial charge in [0.2, 0.25) is 0 Å². The van der Waals surface area contributed by atoms with Gasteiger partial charge in [0.15, 0.2) is 6.10 Å². The number of methoxy groups -OCH3 is 1. The second-order valence-corrected chi connectivity index (χ2v) is 3.54. The molecule has 0 saturated carbocycles. The number of aliphatic hydroxyl groups excluding tert-OH is 1. The van der Waals surface area contributed by atoms with E-state index in [1.54, 1.807) is 13.8 Å². The third-order valence-corrected chi connectivity index (χ3v) is 2.35. The van der Waals surface area contributed by atoms with Crippen molar-refractivity contribution in [2.75, 3.05) is 13.7 Å². The Morgan fingerprint density at radius 3 is 2.65 bits per heavy atom. The number of hydrogen-bond acceptors (Lipinski definition) is 5. The molecule has 0 fully saturated rings. The van der Waals surface area contributed by atoms with Gasteiger partial charge in [-0.1, -0.05) is 0 Å². The topological polar surface area (TPSA) is 76.0 Å². The Kier molecular flexibility index (Phi) is 4.34. The maximum atomic E-state index is 11.4. The number of carbonyl (C=O) groups is 1. The number of esters is 1. The summed E-state index contributed by atoms with van der Waals surface area (Å²) in [4.78, 5) is 11.4. The molecule has 94 valence electrons. The van der Waals surface area contributed by atoms with E-state index in [1.165, 1.54) is 19.2 Å². The van der Waals surface area contributed by atoms with Crippen LogP contribution in [0.4, 0.5) is 0 Å². The van der Waals surface area contributed by atoms with E-state index in [2.05, 4.69) is 4.74 Å². The van der Waals surface area contributed by atoms with Gasteiger partial charge in [0.1, 0.15) is 11.5 Å². The molecule has 0 saturated heterocycles. The minimum Gasteiger partial charge on any atom is -0.508 e. The van der Waals surface area contributed by atoms with Crippen molar-refractivity contribution in [2.45, 2.75) is 20.0 Å². The molecule has 1 aromatic carbocycles. The van der Waals surface area contributed by atoms with Crippen LogP contribution in [0.15, 0.2) is 12.1 Å². The molecular weight excluding hydrogens is 224 g/mol. The van der Waals surface area contributed by atoms with E-state index in [0.717, 1.165) is 0 Å². The average molecular weight is 240 g/mol. The summed E-state index contributed by atoms with van der Waals surface area (Å²) in [7, 11) is 1.47. The van der Waals surface area contributed by atoms with Gasteiger partial charge in [-0.3, -0.25) is 0 Å². The molecule has 1 aromatic rings. The zero-order valence-corrected chi connectivity index (χ0v) is 10.1. The lowest BCUT2D eigenvalue weighted by Gasteiger charge is -2.14. The molecule has 5 nitrogen and oxygen atoms in total. The fourth-order valence-corrected chi connectivity index (χ4v) is 1.48. The monoisotopic (exact) mass is 240 g/mol. The standard InChI is InChI=1S/C12H16O5/c1-4-17-12(15)11(14)8-6-10(16-3)7(2)5-9(8)13/h5-6,11,13-14H,4H2,1-3H3. The molecule has 0 heterocycles. The van der Waals surface area contributed by atoms with Gasteiger partial charge in [-0.15, -0.1) is 0 Å². The number of phenols is 1. The zero-order chi connectivity index (χ0) is 13.0. The highest BCUT2D eigenvalue weighted by Gasteiger charge is 2.23. The summed E-state index contributed by atoms with van der Waals surface area (Å²) < 4.78 is 9.73. The highest BCUT2D eigenvalue weighted by molar-refractivity contribution is 5.77. The first kappa shape index (κ1) is 13.3. The Labute approximate surface area is 99.6 Å². The number of aliphatic hydroxyl groups is 1. The van der Waals surface area contributed by atoms with Crippen molar-refractivity contribution in [3.8, 4) is 11.5 Å². The Bertz CT molecular complexity index is 414. The van der Waals surface area contributed by atoms with Crippen molar-refractivity contribution in [2.24, 2.45) is 0 Å². The van der Waals surface area contributed by atoms with Crippen molar-refractivity contribution in [3.05, 3.63) is 23.3 Å². The van der Waals surface area contributed by atoms with Crippen LogP contribution in [0.5, 0.6) is 11.5 Å². The second-order valence-electron chi connectivity index (χ2n) is 3.54. The molecule has 1 rings (SSSR count). The van der Waals surface area contributed by atoms with Gasteiger partial charge in [0.05, 0.1) is 13.7 Å². The number of rotatable bonds is 4. The van der Waals surface area contributed by atoms with Crippen LogP contribution in [0.1, 0.15) is 24.2 Å². The molecule has 1 unspecified atom stereocenters. The molecule has 1 atom stereocenters. The Morgan fingerprint density at radius 2 is 2.12 bits per heavy atom. The smallest absolute Gasteiger partial charge is 0.339 e. The van der Waals surface area contributed by atoms with Crippen LogP contribution >= 0.6 is 0 Å². The minimum absolute atomic E-state index is 0.0749. The summed E-state index contributed by atoms with van der Waals surface area (Å²) in [5.41, 5.74) is 0.788. The lowest BCUT2D eigenvalue weighted by Crippen LogP contribution is -2.15. The minimum atomic E-state index is -1.51. The van der Waals surface area contributed by atoms with Crippen LogP contribution in [-0.4, -0.2) is 29.9 Å². The molecule has 0 bridgehead atoms. The van der Waals surface area contributed by atoms with Crippen molar-refractivity contribution >= 4 is 5.97 Å². The lowest BCUT2D eigenvalue weighted by atomic mass is 10.0. The third kappa shape index (κ3) is 2.88. The molecule has 2 N–H and O–H groups in total. The highest BCUT2D eigenvalue weighted by Crippen LogP contribution is 2.32. The molecule has 0 spiro atoms. The summed E-state index contributed by atoms with van der Waals surface area (Å²) in [5.74, 6) is -0.473. The normalized spacial score (nSPS) is 12.0. The van der Waals surface area contributed by atoms with Gasteiger partial charge >= 0.3 is 5.97 Å². The Balaban J connectivity index is 3.08. The molecule has 0 aliphatic carbocycles. The molecular formula is C12H16O5. The third-order valence-electron chi connectivity index (χ3n) is 2.35. The maximum Gasteiger partial charge on any atom is 0.339 e. The van der Waals surface area contributed by atoms with Gasteiger partial charge in [-0.25, -0.2) is 4.79 Å². The largest absolute Gasteiger partial charge is 0.508 e. The first-order valence-electron chi connectivity index (χ1n) is 5.23. The van der Waals surface area contributed by atoms with E-state index in [-0.39, 0.29) is 17.9 Å². The molecule has 0 amide bonds. The molecule has 0 radical (unpaired) electrons. The average Bonchev–Trinajstić information content (AvgIpc) is 2.29. The number of benzene rings is 1. The van der Waals surface area contributed by atoms with E-state index >= 15 is 0 Å². The van der Waals surface area contributed by atoms with E-state index in [4.69, 9.17) is 4.74 Å².